The summed E-state index contributed by atoms with van der Waals surface area (Å²) in [5.41, 5.74) is 0. The number of carbonyl (C=O) groups is 2. The Bertz CT molecular complexity index is 347. The van der Waals surface area contributed by atoms with Crippen molar-refractivity contribution >= 4 is 12.0 Å². The number of methoxy groups -OCH3 is 1. The third kappa shape index (κ3) is 3.62. The fraction of sp³-hybridized carbons (Fsp3) is 0.857. The molecule has 2 saturated heterocycles. The van der Waals surface area contributed by atoms with Crippen LogP contribution in [0, 0.1) is 5.92 Å². The van der Waals surface area contributed by atoms with E-state index in [0.717, 1.165) is 32.1 Å². The smallest absolute Gasteiger partial charge is 0.317 e. The Labute approximate surface area is 119 Å². The number of nitrogens with zero attached hydrogens (tertiary/aromatic N) is 1. The lowest BCUT2D eigenvalue weighted by Crippen LogP contribution is -2.51. The first-order valence-electron chi connectivity index (χ1n) is 7.38. The fourth-order valence-electron chi connectivity index (χ4n) is 3.54. The molecular formula is C14H24N2O4. The molecule has 6 heteroatoms. The highest BCUT2D eigenvalue weighted by Crippen LogP contribution is 2.39. The number of piperidine rings is 1. The molecule has 2 fully saturated rings. The van der Waals surface area contributed by atoms with Gasteiger partial charge in [0.25, 0.3) is 0 Å². The zero-order valence-electron chi connectivity index (χ0n) is 12.0. The van der Waals surface area contributed by atoms with Gasteiger partial charge in [0, 0.05) is 38.8 Å². The van der Waals surface area contributed by atoms with Gasteiger partial charge in [-0.05, 0) is 38.0 Å². The summed E-state index contributed by atoms with van der Waals surface area (Å²) in [4.78, 5) is 25.0. The molecule has 0 saturated carbocycles. The molecule has 0 aromatic rings. The minimum atomic E-state index is -0.730. The van der Waals surface area contributed by atoms with Crippen LogP contribution in [0.5, 0.6) is 0 Å². The molecule has 2 amide bonds. The fourth-order valence-corrected chi connectivity index (χ4v) is 3.54. The lowest BCUT2D eigenvalue weighted by molar-refractivity contribution is -0.138. The van der Waals surface area contributed by atoms with E-state index >= 15 is 0 Å². The molecule has 2 heterocycles. The highest BCUT2D eigenvalue weighted by atomic mass is 16.5. The number of hydrogen-bond acceptors (Lipinski definition) is 3. The number of carboxylic acid groups (broad SMARTS) is 1. The summed E-state index contributed by atoms with van der Waals surface area (Å²) in [6.45, 7) is 1.27. The normalized spacial score (nSPS) is 28.4. The SMILES string of the molecule is COCCCNC(=O)N1C2CCC1CC(CC(=O)O)C2. The lowest BCUT2D eigenvalue weighted by Gasteiger charge is -2.38. The summed E-state index contributed by atoms with van der Waals surface area (Å²) >= 11 is 0. The van der Waals surface area contributed by atoms with Crippen molar-refractivity contribution in [1.82, 2.24) is 10.2 Å². The third-order valence-corrected chi connectivity index (χ3v) is 4.33. The number of ether oxygens (including phenoxy) is 1. The quantitative estimate of drug-likeness (QED) is 0.724. The molecule has 6 nitrogen and oxygen atoms in total. The predicted molar refractivity (Wildman–Crippen MR) is 73.5 cm³/mol. The van der Waals surface area contributed by atoms with Crippen LogP contribution < -0.4 is 5.32 Å². The van der Waals surface area contributed by atoms with Crippen molar-refractivity contribution in [2.24, 2.45) is 5.92 Å². The minimum Gasteiger partial charge on any atom is -0.481 e. The summed E-state index contributed by atoms with van der Waals surface area (Å²) in [5, 5.41) is 11.8. The van der Waals surface area contributed by atoms with Crippen LogP contribution in [-0.2, 0) is 9.53 Å². The molecule has 2 N–H and O–H groups in total. The van der Waals surface area contributed by atoms with Crippen molar-refractivity contribution in [3.8, 4) is 0 Å². The first-order chi connectivity index (χ1) is 9.61. The van der Waals surface area contributed by atoms with Crippen LogP contribution in [0.1, 0.15) is 38.5 Å². The van der Waals surface area contributed by atoms with E-state index in [9.17, 15) is 9.59 Å². The van der Waals surface area contributed by atoms with E-state index in [1.165, 1.54) is 0 Å². The van der Waals surface area contributed by atoms with Crippen LogP contribution in [0.25, 0.3) is 0 Å². The third-order valence-electron chi connectivity index (χ3n) is 4.33. The molecule has 0 aliphatic carbocycles. The zero-order chi connectivity index (χ0) is 14.5. The number of nitrogens with one attached hydrogen (secondary N) is 1. The van der Waals surface area contributed by atoms with E-state index < -0.39 is 5.97 Å². The molecule has 0 aromatic heterocycles. The Hall–Kier alpha value is -1.30. The van der Waals surface area contributed by atoms with Gasteiger partial charge in [0.2, 0.25) is 0 Å². The first-order valence-corrected chi connectivity index (χ1v) is 7.38. The van der Waals surface area contributed by atoms with Crippen LogP contribution in [-0.4, -0.2) is 54.4 Å². The number of carboxylic acids is 1. The number of urea groups is 1. The van der Waals surface area contributed by atoms with Crippen molar-refractivity contribution in [1.29, 1.82) is 0 Å². The van der Waals surface area contributed by atoms with E-state index in [2.05, 4.69) is 5.32 Å². The molecule has 0 aromatic carbocycles. The molecule has 2 bridgehead atoms. The standard InChI is InChI=1S/C14H24N2O4/c1-20-6-2-5-15-14(19)16-11-3-4-12(16)8-10(7-11)9-13(17)18/h10-12H,2-9H2,1H3,(H,15,19)(H,17,18). The van der Waals surface area contributed by atoms with Crippen LogP contribution >= 0.6 is 0 Å². The predicted octanol–water partition coefficient (Wildman–Crippen LogP) is 1.45. The van der Waals surface area contributed by atoms with E-state index in [-0.39, 0.29) is 30.5 Å². The number of fused-ring (bicyclic) bond motifs is 2. The van der Waals surface area contributed by atoms with Crippen LogP contribution in [0.15, 0.2) is 0 Å². The van der Waals surface area contributed by atoms with Gasteiger partial charge in [-0.25, -0.2) is 4.79 Å². The second-order valence-corrected chi connectivity index (χ2v) is 5.81. The minimum absolute atomic E-state index is 0.00220. The zero-order valence-corrected chi connectivity index (χ0v) is 12.0. The van der Waals surface area contributed by atoms with Crippen molar-refractivity contribution in [2.45, 2.75) is 50.6 Å². The van der Waals surface area contributed by atoms with Gasteiger partial charge in [-0.3, -0.25) is 4.79 Å². The average Bonchev–Trinajstić information content (AvgIpc) is 2.66. The Morgan fingerprint density at radius 1 is 1.30 bits per heavy atom. The van der Waals surface area contributed by atoms with Gasteiger partial charge in [0.15, 0.2) is 0 Å². The van der Waals surface area contributed by atoms with E-state index in [4.69, 9.17) is 9.84 Å². The Kier molecular flexibility index (Phi) is 5.23. The van der Waals surface area contributed by atoms with Crippen LogP contribution in [0.4, 0.5) is 4.79 Å². The molecule has 2 rings (SSSR count). The summed E-state index contributed by atoms with van der Waals surface area (Å²) < 4.78 is 4.95. The summed E-state index contributed by atoms with van der Waals surface area (Å²) in [5.74, 6) is -0.505. The Balaban J connectivity index is 1.82. The maximum absolute atomic E-state index is 12.2. The maximum atomic E-state index is 12.2. The molecular weight excluding hydrogens is 260 g/mol. The van der Waals surface area contributed by atoms with Gasteiger partial charge in [-0.2, -0.15) is 0 Å². The largest absolute Gasteiger partial charge is 0.481 e. The summed E-state index contributed by atoms with van der Waals surface area (Å²) in [7, 11) is 1.65. The topological polar surface area (TPSA) is 78.9 Å². The average molecular weight is 284 g/mol. The van der Waals surface area contributed by atoms with Crippen molar-refractivity contribution in [3.05, 3.63) is 0 Å². The molecule has 0 spiro atoms. The van der Waals surface area contributed by atoms with Crippen LogP contribution in [0.3, 0.4) is 0 Å². The highest BCUT2D eigenvalue weighted by molar-refractivity contribution is 5.75. The number of hydrogen-bond donors (Lipinski definition) is 2. The monoisotopic (exact) mass is 284 g/mol. The maximum Gasteiger partial charge on any atom is 0.317 e. The van der Waals surface area contributed by atoms with Gasteiger partial charge in [0.1, 0.15) is 0 Å². The second kappa shape index (κ2) is 6.92. The summed E-state index contributed by atoms with van der Waals surface area (Å²) in [6, 6.07) is 0.448. The van der Waals surface area contributed by atoms with E-state index in [0.29, 0.717) is 13.2 Å². The molecule has 2 unspecified atom stereocenters. The lowest BCUT2D eigenvalue weighted by atomic mass is 9.88. The molecule has 2 aliphatic heterocycles. The second-order valence-electron chi connectivity index (χ2n) is 5.81. The molecule has 2 atom stereocenters. The molecule has 2 aliphatic rings. The number of amides is 2. The molecule has 20 heavy (non-hydrogen) atoms. The van der Waals surface area contributed by atoms with Gasteiger partial charge < -0.3 is 20.1 Å². The van der Waals surface area contributed by atoms with Gasteiger partial charge in [-0.1, -0.05) is 0 Å². The number of aliphatic carboxylic acids is 1. The van der Waals surface area contributed by atoms with Crippen molar-refractivity contribution < 1.29 is 19.4 Å². The van der Waals surface area contributed by atoms with Gasteiger partial charge >= 0.3 is 12.0 Å². The van der Waals surface area contributed by atoms with E-state index in [1.807, 2.05) is 4.90 Å². The van der Waals surface area contributed by atoms with Crippen molar-refractivity contribution in [2.75, 3.05) is 20.3 Å². The Morgan fingerprint density at radius 3 is 2.50 bits per heavy atom. The highest BCUT2D eigenvalue weighted by Gasteiger charge is 2.43. The molecule has 114 valence electrons. The van der Waals surface area contributed by atoms with Gasteiger partial charge in [0.05, 0.1) is 0 Å². The van der Waals surface area contributed by atoms with Crippen molar-refractivity contribution in [3.63, 3.8) is 0 Å². The van der Waals surface area contributed by atoms with E-state index in [1.54, 1.807) is 7.11 Å². The number of rotatable bonds is 6. The Morgan fingerprint density at radius 2 is 1.95 bits per heavy atom. The first kappa shape index (κ1) is 15.1. The summed E-state index contributed by atoms with van der Waals surface area (Å²) in [6.07, 6.45) is 4.71. The molecule has 0 radical (unpaired) electrons. The van der Waals surface area contributed by atoms with Gasteiger partial charge in [-0.15, -0.1) is 0 Å². The number of carbonyl (C=O) groups excluding carboxylic acids is 1. The van der Waals surface area contributed by atoms with Crippen LogP contribution in [0.2, 0.25) is 0 Å².